The number of aliphatic hydroxyl groups is 1. The molecule has 1 nitrogen and oxygen atoms in total. The molecule has 0 heterocycles. The van der Waals surface area contributed by atoms with E-state index in [0.717, 1.165) is 6.26 Å². The van der Waals surface area contributed by atoms with Crippen molar-refractivity contribution < 1.29 is 5.11 Å². The third-order valence-corrected chi connectivity index (χ3v) is 0.529. The second-order valence-electron chi connectivity index (χ2n) is 1.11. The van der Waals surface area contributed by atoms with Crippen LogP contribution in [-0.2, 0) is 0 Å². The summed E-state index contributed by atoms with van der Waals surface area (Å²) in [6, 6.07) is 0. The molecule has 1 heteroatoms. The summed E-state index contributed by atoms with van der Waals surface area (Å²) in [5.74, 6) is 5.36. The summed E-state index contributed by atoms with van der Waals surface area (Å²) >= 11 is 0. The normalized spacial score (nSPS) is 8.00. The predicted molar refractivity (Wildman–Crippen MR) is 34.4 cm³/mol. The first-order chi connectivity index (χ1) is 3.91. The summed E-state index contributed by atoms with van der Waals surface area (Å²) in [4.78, 5) is 0. The Morgan fingerprint density at radius 2 is 2.38 bits per heavy atom. The van der Waals surface area contributed by atoms with Crippen molar-refractivity contribution in [3.8, 4) is 11.8 Å². The third kappa shape index (κ3) is 4.84. The standard InChI is InChI=1S/C7H8O/c1-2-3-4-5-6-7-8/h2,6-8H,1,5H2. The highest BCUT2D eigenvalue weighted by Crippen LogP contribution is 1.75. The molecule has 1 N–H and O–H groups in total. The third-order valence-electron chi connectivity index (χ3n) is 0.529. The maximum absolute atomic E-state index is 8.09. The summed E-state index contributed by atoms with van der Waals surface area (Å²) in [6.45, 7) is 3.40. The lowest BCUT2D eigenvalue weighted by Gasteiger charge is -1.69. The molecule has 0 amide bonds. The van der Waals surface area contributed by atoms with Gasteiger partial charge in [0.2, 0.25) is 0 Å². The van der Waals surface area contributed by atoms with Crippen LogP contribution < -0.4 is 0 Å². The first-order valence-corrected chi connectivity index (χ1v) is 2.30. The summed E-state index contributed by atoms with van der Waals surface area (Å²) in [7, 11) is 0. The quantitative estimate of drug-likeness (QED) is 0.400. The first-order valence-electron chi connectivity index (χ1n) is 2.30. The highest BCUT2D eigenvalue weighted by Gasteiger charge is 1.62. The molecule has 8 heavy (non-hydrogen) atoms. The van der Waals surface area contributed by atoms with Crippen LogP contribution in [0.5, 0.6) is 0 Å². The van der Waals surface area contributed by atoms with E-state index in [-0.39, 0.29) is 0 Å². The van der Waals surface area contributed by atoms with Crippen LogP contribution in [-0.4, -0.2) is 5.11 Å². The van der Waals surface area contributed by atoms with Gasteiger partial charge >= 0.3 is 0 Å². The molecule has 0 unspecified atom stereocenters. The van der Waals surface area contributed by atoms with E-state index in [1.165, 1.54) is 6.08 Å². The second kappa shape index (κ2) is 5.84. The van der Waals surface area contributed by atoms with E-state index < -0.39 is 0 Å². The van der Waals surface area contributed by atoms with Gasteiger partial charge < -0.3 is 5.11 Å². The Kier molecular flexibility index (Phi) is 4.99. The Labute approximate surface area is 49.3 Å². The van der Waals surface area contributed by atoms with Crippen LogP contribution in [0.1, 0.15) is 6.42 Å². The lowest BCUT2D eigenvalue weighted by Crippen LogP contribution is -1.56. The molecule has 0 aliphatic rings. The maximum atomic E-state index is 8.09. The smallest absolute Gasteiger partial charge is 0.0761 e. The molecule has 0 saturated heterocycles. The largest absolute Gasteiger partial charge is 0.516 e. The number of hydrogen-bond donors (Lipinski definition) is 1. The van der Waals surface area contributed by atoms with Gasteiger partial charge in [0.05, 0.1) is 6.26 Å². The minimum absolute atomic E-state index is 0.586. The number of hydrogen-bond acceptors (Lipinski definition) is 1. The van der Waals surface area contributed by atoms with Gasteiger partial charge in [-0.1, -0.05) is 18.4 Å². The Morgan fingerprint density at radius 3 is 2.88 bits per heavy atom. The van der Waals surface area contributed by atoms with Crippen molar-refractivity contribution in [1.29, 1.82) is 0 Å². The van der Waals surface area contributed by atoms with Gasteiger partial charge in [0, 0.05) is 6.42 Å². The maximum Gasteiger partial charge on any atom is 0.0761 e. The Morgan fingerprint density at radius 1 is 1.62 bits per heavy atom. The van der Waals surface area contributed by atoms with Crippen LogP contribution in [0, 0.1) is 11.8 Å². The topological polar surface area (TPSA) is 20.2 Å². The zero-order valence-electron chi connectivity index (χ0n) is 4.59. The average molecular weight is 108 g/mol. The predicted octanol–water partition coefficient (Wildman–Crippen LogP) is 1.64. The number of aliphatic hydroxyl groups excluding tert-OH is 1. The molecule has 0 aromatic heterocycles. The van der Waals surface area contributed by atoms with Crippen LogP contribution in [0.4, 0.5) is 0 Å². The van der Waals surface area contributed by atoms with Crippen molar-refractivity contribution in [2.45, 2.75) is 6.42 Å². The molecule has 0 saturated carbocycles. The van der Waals surface area contributed by atoms with Gasteiger partial charge in [-0.3, -0.25) is 0 Å². The molecule has 42 valence electrons. The van der Waals surface area contributed by atoms with Crippen molar-refractivity contribution >= 4 is 0 Å². The molecule has 0 aromatic rings. The Balaban J connectivity index is 3.28. The van der Waals surface area contributed by atoms with E-state index in [4.69, 9.17) is 5.11 Å². The van der Waals surface area contributed by atoms with Gasteiger partial charge in [0.15, 0.2) is 0 Å². The van der Waals surface area contributed by atoms with Gasteiger partial charge in [-0.25, -0.2) is 0 Å². The molecule has 0 aliphatic heterocycles. The first kappa shape index (κ1) is 6.84. The van der Waals surface area contributed by atoms with Gasteiger partial charge in [0.25, 0.3) is 0 Å². The highest BCUT2D eigenvalue weighted by atomic mass is 16.2. The van der Waals surface area contributed by atoms with Crippen molar-refractivity contribution in [3.05, 3.63) is 25.0 Å². The molecule has 0 radical (unpaired) electrons. The Hall–Kier alpha value is -1.16. The summed E-state index contributed by atoms with van der Waals surface area (Å²) < 4.78 is 0. The molecular formula is C7H8O. The molecule has 0 fully saturated rings. The van der Waals surface area contributed by atoms with E-state index >= 15 is 0 Å². The summed E-state index contributed by atoms with van der Waals surface area (Å²) in [5.41, 5.74) is 0. The van der Waals surface area contributed by atoms with Gasteiger partial charge in [-0.2, -0.15) is 0 Å². The molecule has 0 aromatic carbocycles. The van der Waals surface area contributed by atoms with Crippen molar-refractivity contribution in [1.82, 2.24) is 0 Å². The van der Waals surface area contributed by atoms with Gasteiger partial charge in [0.1, 0.15) is 0 Å². The molecular weight excluding hydrogens is 100 g/mol. The highest BCUT2D eigenvalue weighted by molar-refractivity contribution is 5.13. The van der Waals surface area contributed by atoms with Crippen LogP contribution in [0.2, 0.25) is 0 Å². The van der Waals surface area contributed by atoms with E-state index in [2.05, 4.69) is 18.4 Å². The SMILES string of the molecule is C=CC#CCC=CO. The average Bonchev–Trinajstić information content (AvgIpc) is 1.81. The fraction of sp³-hybridized carbons (Fsp3) is 0.143. The van der Waals surface area contributed by atoms with Crippen LogP contribution >= 0.6 is 0 Å². The molecule has 0 spiro atoms. The fourth-order valence-corrected chi connectivity index (χ4v) is 0.243. The van der Waals surface area contributed by atoms with E-state index in [0.29, 0.717) is 6.42 Å². The minimum Gasteiger partial charge on any atom is -0.516 e. The molecule has 0 aliphatic carbocycles. The zero-order chi connectivity index (χ0) is 6.24. The van der Waals surface area contributed by atoms with E-state index in [9.17, 15) is 0 Å². The van der Waals surface area contributed by atoms with Gasteiger partial charge in [-0.15, -0.1) is 0 Å². The molecule has 0 atom stereocenters. The Bertz CT molecular complexity index is 134. The number of allylic oxidation sites excluding steroid dienone is 2. The van der Waals surface area contributed by atoms with Crippen LogP contribution in [0.15, 0.2) is 25.0 Å². The van der Waals surface area contributed by atoms with Crippen LogP contribution in [0.25, 0.3) is 0 Å². The lowest BCUT2D eigenvalue weighted by molar-refractivity contribution is 0.472. The summed E-state index contributed by atoms with van der Waals surface area (Å²) in [5, 5.41) is 8.09. The number of rotatable bonds is 1. The van der Waals surface area contributed by atoms with Gasteiger partial charge in [-0.05, 0) is 12.2 Å². The molecule has 0 bridgehead atoms. The lowest BCUT2D eigenvalue weighted by atomic mass is 10.4. The summed E-state index contributed by atoms with van der Waals surface area (Å²) in [6.07, 6.45) is 4.65. The monoisotopic (exact) mass is 108 g/mol. The van der Waals surface area contributed by atoms with Crippen molar-refractivity contribution in [2.75, 3.05) is 0 Å². The van der Waals surface area contributed by atoms with Crippen LogP contribution in [0.3, 0.4) is 0 Å². The van der Waals surface area contributed by atoms with E-state index in [1.807, 2.05) is 0 Å². The van der Waals surface area contributed by atoms with Crippen molar-refractivity contribution in [3.63, 3.8) is 0 Å². The zero-order valence-corrected chi connectivity index (χ0v) is 4.59. The molecule has 0 rings (SSSR count). The fourth-order valence-electron chi connectivity index (χ4n) is 0.243. The second-order valence-corrected chi connectivity index (χ2v) is 1.11. The van der Waals surface area contributed by atoms with E-state index in [1.54, 1.807) is 6.08 Å². The minimum atomic E-state index is 0.586. The van der Waals surface area contributed by atoms with Crippen molar-refractivity contribution in [2.24, 2.45) is 0 Å².